The number of piperazine rings is 1. The molecular weight excluding hydrogens is 460 g/mol. The molecule has 0 aromatic heterocycles. The smallest absolute Gasteiger partial charge is 0.250 e. The van der Waals surface area contributed by atoms with Gasteiger partial charge in [0.15, 0.2) is 23.0 Å². The van der Waals surface area contributed by atoms with Crippen LogP contribution in [0, 0.1) is 0 Å². The summed E-state index contributed by atoms with van der Waals surface area (Å²) >= 11 is 0. The first-order valence-corrected chi connectivity index (χ1v) is 12.8. The van der Waals surface area contributed by atoms with E-state index < -0.39 is 6.04 Å². The Kier molecular flexibility index (Phi) is 6.94. The molecule has 3 aliphatic rings. The molecule has 1 saturated heterocycles. The molecule has 0 bridgehead atoms. The Morgan fingerprint density at radius 3 is 2.50 bits per heavy atom. The fraction of sp³-hybridized carbons (Fsp3) is 0.500. The maximum absolute atomic E-state index is 14.0. The summed E-state index contributed by atoms with van der Waals surface area (Å²) in [4.78, 5) is 31.1. The van der Waals surface area contributed by atoms with Crippen LogP contribution in [0.25, 0.3) is 0 Å². The van der Waals surface area contributed by atoms with Crippen LogP contribution in [0.3, 0.4) is 0 Å². The van der Waals surface area contributed by atoms with Crippen LogP contribution in [0.5, 0.6) is 23.0 Å². The van der Waals surface area contributed by atoms with Crippen LogP contribution >= 0.6 is 0 Å². The fourth-order valence-electron chi connectivity index (χ4n) is 5.39. The fourth-order valence-corrected chi connectivity index (χ4v) is 5.39. The van der Waals surface area contributed by atoms with Gasteiger partial charge in [0, 0.05) is 12.6 Å². The zero-order chi connectivity index (χ0) is 25.2. The third kappa shape index (κ3) is 4.81. The average Bonchev–Trinajstić information content (AvgIpc) is 3.35. The van der Waals surface area contributed by atoms with Gasteiger partial charge in [-0.2, -0.15) is 0 Å². The molecule has 1 aliphatic carbocycles. The van der Waals surface area contributed by atoms with Gasteiger partial charge in [-0.3, -0.25) is 9.59 Å². The van der Waals surface area contributed by atoms with Crippen LogP contribution in [0.4, 0.5) is 0 Å². The lowest BCUT2D eigenvalue weighted by Crippen LogP contribution is -2.58. The topological polar surface area (TPSA) is 77.5 Å². The Morgan fingerprint density at radius 2 is 1.75 bits per heavy atom. The average molecular weight is 495 g/mol. The normalized spacial score (nSPS) is 20.3. The highest BCUT2D eigenvalue weighted by atomic mass is 16.7. The summed E-state index contributed by atoms with van der Waals surface area (Å²) in [5, 5.41) is 0. The van der Waals surface area contributed by atoms with Crippen LogP contribution < -0.4 is 18.9 Å². The van der Waals surface area contributed by atoms with E-state index in [2.05, 4.69) is 0 Å². The Morgan fingerprint density at radius 1 is 0.972 bits per heavy atom. The summed E-state index contributed by atoms with van der Waals surface area (Å²) < 4.78 is 22.4. The third-order valence-electron chi connectivity index (χ3n) is 7.13. The van der Waals surface area contributed by atoms with E-state index >= 15 is 0 Å². The molecule has 0 spiro atoms. The predicted molar refractivity (Wildman–Crippen MR) is 133 cm³/mol. The van der Waals surface area contributed by atoms with Gasteiger partial charge in [0.2, 0.25) is 12.7 Å². The van der Waals surface area contributed by atoms with E-state index in [4.69, 9.17) is 18.9 Å². The number of ether oxygens (including phenoxy) is 4. The number of nitrogens with zero attached hydrogens (tertiary/aromatic N) is 2. The second-order valence-corrected chi connectivity index (χ2v) is 9.95. The molecule has 0 unspecified atom stereocenters. The predicted octanol–water partition coefficient (Wildman–Crippen LogP) is 4.46. The molecule has 0 N–H and O–H groups in total. The maximum Gasteiger partial charge on any atom is 0.250 e. The zero-order valence-electron chi connectivity index (χ0n) is 21.2. The summed E-state index contributed by atoms with van der Waals surface area (Å²) in [6.45, 7) is 4.48. The van der Waals surface area contributed by atoms with E-state index in [-0.39, 0.29) is 43.8 Å². The molecule has 8 heteroatoms. The molecule has 36 heavy (non-hydrogen) atoms. The molecule has 8 nitrogen and oxygen atoms in total. The van der Waals surface area contributed by atoms with E-state index in [1.807, 2.05) is 55.1 Å². The summed E-state index contributed by atoms with van der Waals surface area (Å²) in [6, 6.07) is 10.5. The van der Waals surface area contributed by atoms with Gasteiger partial charge in [0.25, 0.3) is 5.91 Å². The number of amides is 2. The first-order valence-electron chi connectivity index (χ1n) is 12.8. The van der Waals surface area contributed by atoms with Crippen molar-refractivity contribution in [2.75, 3.05) is 20.4 Å². The maximum atomic E-state index is 14.0. The van der Waals surface area contributed by atoms with Gasteiger partial charge in [-0.15, -0.1) is 0 Å². The van der Waals surface area contributed by atoms with Crippen molar-refractivity contribution in [2.24, 2.45) is 0 Å². The monoisotopic (exact) mass is 494 g/mol. The summed E-state index contributed by atoms with van der Waals surface area (Å²) in [6.07, 6.45) is 5.22. The molecular formula is C28H34N2O6. The molecule has 1 atom stereocenters. The molecule has 2 heterocycles. The quantitative estimate of drug-likeness (QED) is 0.566. The van der Waals surface area contributed by atoms with E-state index in [0.717, 1.165) is 31.2 Å². The van der Waals surface area contributed by atoms with Crippen LogP contribution in [-0.2, 0) is 16.1 Å². The number of carbonyl (C=O) groups excluding carboxylic acids is 2. The highest BCUT2D eigenvalue weighted by Crippen LogP contribution is 2.39. The molecule has 5 rings (SSSR count). The van der Waals surface area contributed by atoms with Gasteiger partial charge >= 0.3 is 0 Å². The largest absolute Gasteiger partial charge is 0.493 e. The van der Waals surface area contributed by atoms with Crippen molar-refractivity contribution in [1.29, 1.82) is 0 Å². The SMILES string of the molecule is COc1cc([C@H]2C(=O)N(C3CCCCC3)CC(=O)N2Cc2ccc3c(c2)OCO3)ccc1OC(C)C. The van der Waals surface area contributed by atoms with Gasteiger partial charge < -0.3 is 28.7 Å². The summed E-state index contributed by atoms with van der Waals surface area (Å²) in [5.74, 6) is 2.38. The Bertz CT molecular complexity index is 1130. The van der Waals surface area contributed by atoms with Crippen LogP contribution in [0.1, 0.15) is 63.1 Å². The zero-order valence-corrected chi connectivity index (χ0v) is 21.2. The van der Waals surface area contributed by atoms with Crippen LogP contribution in [-0.4, -0.2) is 54.2 Å². The molecule has 1 saturated carbocycles. The van der Waals surface area contributed by atoms with Crippen molar-refractivity contribution in [3.8, 4) is 23.0 Å². The summed E-state index contributed by atoms with van der Waals surface area (Å²) in [7, 11) is 1.58. The lowest BCUT2D eigenvalue weighted by Gasteiger charge is -2.44. The van der Waals surface area contributed by atoms with Crippen molar-refractivity contribution in [2.45, 2.75) is 70.7 Å². The number of fused-ring (bicyclic) bond motifs is 1. The van der Waals surface area contributed by atoms with Gasteiger partial charge in [-0.25, -0.2) is 0 Å². The van der Waals surface area contributed by atoms with E-state index in [1.165, 1.54) is 6.42 Å². The highest BCUT2D eigenvalue weighted by Gasteiger charge is 2.43. The molecule has 2 amide bonds. The Hall–Kier alpha value is -3.42. The van der Waals surface area contributed by atoms with Crippen molar-refractivity contribution in [1.82, 2.24) is 9.80 Å². The lowest BCUT2D eigenvalue weighted by atomic mass is 9.91. The molecule has 0 radical (unpaired) electrons. The van der Waals surface area contributed by atoms with E-state index in [1.54, 1.807) is 12.0 Å². The van der Waals surface area contributed by atoms with Crippen molar-refractivity contribution in [3.05, 3.63) is 47.5 Å². The lowest BCUT2D eigenvalue weighted by molar-refractivity contribution is -0.160. The first-order chi connectivity index (χ1) is 17.4. The van der Waals surface area contributed by atoms with Crippen LogP contribution in [0.2, 0.25) is 0 Å². The first kappa shape index (κ1) is 24.3. The number of rotatable bonds is 7. The third-order valence-corrected chi connectivity index (χ3v) is 7.13. The molecule has 2 aliphatic heterocycles. The van der Waals surface area contributed by atoms with Gasteiger partial charge in [-0.05, 0) is 62.1 Å². The van der Waals surface area contributed by atoms with E-state index in [0.29, 0.717) is 28.6 Å². The Labute approximate surface area is 212 Å². The van der Waals surface area contributed by atoms with Crippen molar-refractivity contribution in [3.63, 3.8) is 0 Å². The van der Waals surface area contributed by atoms with E-state index in [9.17, 15) is 9.59 Å². The van der Waals surface area contributed by atoms with Crippen LogP contribution in [0.15, 0.2) is 36.4 Å². The highest BCUT2D eigenvalue weighted by molar-refractivity contribution is 5.96. The standard InChI is InChI=1S/C28H34N2O6/c1-18(2)36-23-12-10-20(14-24(23)33-3)27-28(32)29(21-7-5-4-6-8-21)16-26(31)30(27)15-19-9-11-22-25(13-19)35-17-34-22/h9-14,18,21,27H,4-8,15-17H2,1-3H3/t27-/m0/s1. The summed E-state index contributed by atoms with van der Waals surface area (Å²) in [5.41, 5.74) is 1.59. The number of hydrogen-bond donors (Lipinski definition) is 0. The Balaban J connectivity index is 1.50. The minimum absolute atomic E-state index is 0.0214. The number of methoxy groups -OCH3 is 1. The van der Waals surface area contributed by atoms with Crippen molar-refractivity contribution >= 4 is 11.8 Å². The second kappa shape index (κ2) is 10.3. The molecule has 2 fully saturated rings. The molecule has 2 aromatic rings. The minimum atomic E-state index is -0.749. The number of carbonyl (C=O) groups is 2. The van der Waals surface area contributed by atoms with Gasteiger partial charge in [-0.1, -0.05) is 31.4 Å². The molecule has 192 valence electrons. The van der Waals surface area contributed by atoms with Crippen molar-refractivity contribution < 1.29 is 28.5 Å². The second-order valence-electron chi connectivity index (χ2n) is 9.95. The minimum Gasteiger partial charge on any atom is -0.493 e. The number of hydrogen-bond acceptors (Lipinski definition) is 6. The van der Waals surface area contributed by atoms with Gasteiger partial charge in [0.1, 0.15) is 12.6 Å². The molecule has 2 aromatic carbocycles. The number of benzene rings is 2. The van der Waals surface area contributed by atoms with Gasteiger partial charge in [0.05, 0.1) is 13.2 Å².